The van der Waals surface area contributed by atoms with Gasteiger partial charge in [-0.3, -0.25) is 9.59 Å². The fourth-order valence-electron chi connectivity index (χ4n) is 4.33. The molecule has 0 saturated heterocycles. The summed E-state index contributed by atoms with van der Waals surface area (Å²) in [5, 5.41) is 13.7. The van der Waals surface area contributed by atoms with Crippen LogP contribution in [0.25, 0.3) is 22.5 Å². The SMILES string of the molecule is CC(=O)c1cccc(Cc2c(C)noc2-c2ccc(-c3ccc(C4(C(=O)O)CC4)cc3)cc2)n1. The van der Waals surface area contributed by atoms with Crippen molar-refractivity contribution in [2.45, 2.75) is 38.5 Å². The lowest BCUT2D eigenvalue weighted by atomic mass is 9.93. The van der Waals surface area contributed by atoms with Gasteiger partial charge in [-0.2, -0.15) is 0 Å². The van der Waals surface area contributed by atoms with Crippen LogP contribution in [-0.4, -0.2) is 27.0 Å². The van der Waals surface area contributed by atoms with Crippen LogP contribution in [-0.2, 0) is 16.6 Å². The normalized spacial score (nSPS) is 14.1. The molecule has 0 spiro atoms. The maximum Gasteiger partial charge on any atom is 0.314 e. The molecule has 0 atom stereocenters. The predicted molar refractivity (Wildman–Crippen MR) is 128 cm³/mol. The maximum atomic E-state index is 11.7. The van der Waals surface area contributed by atoms with Gasteiger partial charge in [0.1, 0.15) is 5.69 Å². The summed E-state index contributed by atoms with van der Waals surface area (Å²) in [5.41, 5.74) is 6.09. The molecule has 170 valence electrons. The largest absolute Gasteiger partial charge is 0.481 e. The van der Waals surface area contributed by atoms with Gasteiger partial charge in [-0.15, -0.1) is 0 Å². The summed E-state index contributed by atoms with van der Waals surface area (Å²) < 4.78 is 5.66. The van der Waals surface area contributed by atoms with E-state index < -0.39 is 11.4 Å². The summed E-state index contributed by atoms with van der Waals surface area (Å²) in [6.07, 6.45) is 1.91. The zero-order valence-electron chi connectivity index (χ0n) is 19.0. The summed E-state index contributed by atoms with van der Waals surface area (Å²) in [4.78, 5) is 27.7. The number of hydrogen-bond acceptors (Lipinski definition) is 5. The van der Waals surface area contributed by atoms with Gasteiger partial charge >= 0.3 is 5.97 Å². The van der Waals surface area contributed by atoms with E-state index in [4.69, 9.17) is 4.52 Å². The topological polar surface area (TPSA) is 93.3 Å². The van der Waals surface area contributed by atoms with E-state index in [2.05, 4.69) is 10.1 Å². The Labute approximate surface area is 197 Å². The molecular formula is C28H24N2O4. The van der Waals surface area contributed by atoms with E-state index >= 15 is 0 Å². The van der Waals surface area contributed by atoms with Crippen LogP contribution in [0.2, 0.25) is 0 Å². The standard InChI is InChI=1S/C28H24N2O4/c1-17-24(16-23-4-3-5-25(29-23)18(2)31)26(34-30-17)21-8-6-19(7-9-21)20-10-12-22(13-11-20)28(14-15-28)27(32)33/h3-13H,14-16H2,1-2H3,(H,32,33). The third-order valence-electron chi connectivity index (χ3n) is 6.59. The number of aryl methyl sites for hydroxylation is 1. The first-order valence-corrected chi connectivity index (χ1v) is 11.2. The number of pyridine rings is 1. The van der Waals surface area contributed by atoms with Gasteiger partial charge in [0.15, 0.2) is 11.5 Å². The van der Waals surface area contributed by atoms with Crippen LogP contribution in [0, 0.1) is 6.92 Å². The number of hydrogen-bond donors (Lipinski definition) is 1. The molecule has 0 unspecified atom stereocenters. The number of nitrogens with zero attached hydrogens (tertiary/aromatic N) is 2. The van der Waals surface area contributed by atoms with Crippen molar-refractivity contribution in [2.75, 3.05) is 0 Å². The summed E-state index contributed by atoms with van der Waals surface area (Å²) in [6.45, 7) is 3.41. The maximum absolute atomic E-state index is 11.7. The monoisotopic (exact) mass is 452 g/mol. The molecule has 2 heterocycles. The molecule has 1 aliphatic carbocycles. The summed E-state index contributed by atoms with van der Waals surface area (Å²) >= 11 is 0. The van der Waals surface area contributed by atoms with E-state index in [1.807, 2.05) is 67.6 Å². The Hall–Kier alpha value is -4.06. The van der Waals surface area contributed by atoms with Gasteiger partial charge in [0.25, 0.3) is 0 Å². The van der Waals surface area contributed by atoms with E-state index in [-0.39, 0.29) is 5.78 Å². The van der Waals surface area contributed by atoms with Crippen LogP contribution in [0.15, 0.2) is 71.3 Å². The molecule has 1 saturated carbocycles. The van der Waals surface area contributed by atoms with Crippen molar-refractivity contribution in [2.24, 2.45) is 0 Å². The molecule has 5 rings (SSSR count). The highest BCUT2D eigenvalue weighted by Gasteiger charge is 2.51. The Kier molecular flexibility index (Phi) is 5.36. The number of carbonyl (C=O) groups is 2. The molecule has 4 aromatic rings. The molecule has 0 radical (unpaired) electrons. The fourth-order valence-corrected chi connectivity index (χ4v) is 4.33. The average molecular weight is 453 g/mol. The average Bonchev–Trinajstić information content (AvgIpc) is 3.59. The lowest BCUT2D eigenvalue weighted by molar-refractivity contribution is -0.140. The molecule has 1 aliphatic rings. The Morgan fingerprint density at radius 3 is 2.15 bits per heavy atom. The van der Waals surface area contributed by atoms with Crippen molar-refractivity contribution in [1.82, 2.24) is 10.1 Å². The number of Topliss-reactive ketones (excluding diaryl/α,β-unsaturated/α-hetero) is 1. The first kappa shape index (κ1) is 21.8. The van der Waals surface area contributed by atoms with Crippen LogP contribution in [0.1, 0.15) is 52.8 Å². The lowest BCUT2D eigenvalue weighted by Gasteiger charge is -2.11. The van der Waals surface area contributed by atoms with Crippen molar-refractivity contribution in [3.63, 3.8) is 0 Å². The molecule has 2 aromatic carbocycles. The number of rotatable bonds is 7. The predicted octanol–water partition coefficient (Wildman–Crippen LogP) is 5.62. The highest BCUT2D eigenvalue weighted by atomic mass is 16.5. The summed E-state index contributed by atoms with van der Waals surface area (Å²) in [7, 11) is 0. The van der Waals surface area contributed by atoms with Gasteiger partial charge in [0.05, 0.1) is 11.1 Å². The highest BCUT2D eigenvalue weighted by molar-refractivity contribution is 5.92. The molecule has 6 nitrogen and oxygen atoms in total. The van der Waals surface area contributed by atoms with Crippen LogP contribution >= 0.6 is 0 Å². The number of aromatic nitrogens is 2. The number of ketones is 1. The van der Waals surface area contributed by atoms with Crippen molar-refractivity contribution in [3.05, 3.63) is 94.9 Å². The smallest absolute Gasteiger partial charge is 0.314 e. The zero-order chi connectivity index (χ0) is 23.9. The Balaban J connectivity index is 1.39. The minimum Gasteiger partial charge on any atom is -0.481 e. The van der Waals surface area contributed by atoms with Crippen LogP contribution < -0.4 is 0 Å². The molecular weight excluding hydrogens is 428 g/mol. The fraction of sp³-hybridized carbons (Fsp3) is 0.214. The van der Waals surface area contributed by atoms with Gasteiger partial charge in [-0.1, -0.05) is 59.8 Å². The van der Waals surface area contributed by atoms with Gasteiger partial charge in [0, 0.05) is 30.2 Å². The first-order chi connectivity index (χ1) is 16.4. The quantitative estimate of drug-likeness (QED) is 0.366. The van der Waals surface area contributed by atoms with Gasteiger partial charge in [-0.25, -0.2) is 4.98 Å². The second kappa shape index (κ2) is 8.37. The highest BCUT2D eigenvalue weighted by Crippen LogP contribution is 2.48. The van der Waals surface area contributed by atoms with Crippen molar-refractivity contribution < 1.29 is 19.2 Å². The third-order valence-corrected chi connectivity index (χ3v) is 6.59. The van der Waals surface area contributed by atoms with Crippen LogP contribution in [0.4, 0.5) is 0 Å². The zero-order valence-corrected chi connectivity index (χ0v) is 19.0. The second-order valence-electron chi connectivity index (χ2n) is 8.86. The van der Waals surface area contributed by atoms with E-state index in [0.717, 1.165) is 39.2 Å². The molecule has 1 N–H and O–H groups in total. The number of carbonyl (C=O) groups excluding carboxylic acids is 1. The molecule has 1 fully saturated rings. The van der Waals surface area contributed by atoms with Gasteiger partial charge in [0.2, 0.25) is 0 Å². The molecule has 2 aromatic heterocycles. The molecule has 6 heteroatoms. The third kappa shape index (κ3) is 3.92. The Morgan fingerprint density at radius 2 is 1.56 bits per heavy atom. The number of carboxylic acids is 1. The number of carboxylic acid groups (broad SMARTS) is 1. The molecule has 0 aliphatic heterocycles. The van der Waals surface area contributed by atoms with Crippen molar-refractivity contribution in [3.8, 4) is 22.5 Å². The number of aliphatic carboxylic acids is 1. The lowest BCUT2D eigenvalue weighted by Crippen LogP contribution is -2.19. The molecule has 34 heavy (non-hydrogen) atoms. The number of benzene rings is 2. The minimum absolute atomic E-state index is 0.0667. The van der Waals surface area contributed by atoms with Crippen molar-refractivity contribution >= 4 is 11.8 Å². The van der Waals surface area contributed by atoms with Crippen molar-refractivity contribution in [1.29, 1.82) is 0 Å². The Bertz CT molecular complexity index is 1380. The van der Waals surface area contributed by atoms with E-state index in [1.54, 1.807) is 6.07 Å². The van der Waals surface area contributed by atoms with Crippen LogP contribution in [0.3, 0.4) is 0 Å². The Morgan fingerprint density at radius 1 is 0.941 bits per heavy atom. The second-order valence-corrected chi connectivity index (χ2v) is 8.86. The van der Waals surface area contributed by atoms with E-state index in [0.29, 0.717) is 30.7 Å². The van der Waals surface area contributed by atoms with E-state index in [9.17, 15) is 14.7 Å². The molecule has 0 bridgehead atoms. The first-order valence-electron chi connectivity index (χ1n) is 11.2. The molecule has 0 amide bonds. The van der Waals surface area contributed by atoms with Crippen LogP contribution in [0.5, 0.6) is 0 Å². The summed E-state index contributed by atoms with van der Waals surface area (Å²) in [5.74, 6) is -0.125. The van der Waals surface area contributed by atoms with Gasteiger partial charge in [-0.05, 0) is 48.6 Å². The summed E-state index contributed by atoms with van der Waals surface area (Å²) in [6, 6.07) is 21.3. The van der Waals surface area contributed by atoms with E-state index in [1.165, 1.54) is 6.92 Å². The minimum atomic E-state index is -0.744. The van der Waals surface area contributed by atoms with Gasteiger partial charge < -0.3 is 9.63 Å².